The lowest BCUT2D eigenvalue weighted by Gasteiger charge is -2.03. The van der Waals surface area contributed by atoms with Crippen molar-refractivity contribution in [3.8, 4) is 5.69 Å². The van der Waals surface area contributed by atoms with E-state index in [1.807, 2.05) is 35.1 Å². The molecule has 0 aliphatic heterocycles. The Morgan fingerprint density at radius 3 is 2.33 bits per heavy atom. The lowest BCUT2D eigenvalue weighted by molar-refractivity contribution is 0.666. The Hall–Kier alpha value is -2.39. The molecule has 2 aromatic carbocycles. The Labute approximate surface area is 125 Å². The van der Waals surface area contributed by atoms with Crippen LogP contribution in [0.25, 0.3) is 5.69 Å². The second-order valence-electron chi connectivity index (χ2n) is 5.00. The average molecular weight is 277 g/mol. The number of rotatable bonds is 6. The molecule has 0 atom stereocenters. The molecule has 3 rings (SSSR count). The van der Waals surface area contributed by atoms with Crippen LogP contribution in [0.15, 0.2) is 72.9 Å². The van der Waals surface area contributed by atoms with E-state index in [0.717, 1.165) is 30.9 Å². The van der Waals surface area contributed by atoms with Gasteiger partial charge >= 0.3 is 0 Å². The van der Waals surface area contributed by atoms with Crippen LogP contribution in [0, 0.1) is 0 Å². The van der Waals surface area contributed by atoms with Gasteiger partial charge in [-0.3, -0.25) is 0 Å². The van der Waals surface area contributed by atoms with Crippen molar-refractivity contribution in [2.24, 2.45) is 0 Å². The maximum atomic E-state index is 4.58. The molecule has 0 aliphatic carbocycles. The summed E-state index contributed by atoms with van der Waals surface area (Å²) in [5, 5.41) is 8.02. The first-order chi connectivity index (χ1) is 10.4. The van der Waals surface area contributed by atoms with Crippen LogP contribution >= 0.6 is 0 Å². The minimum absolute atomic E-state index is 0.798. The summed E-state index contributed by atoms with van der Waals surface area (Å²) in [6.45, 7) is 1.76. The maximum absolute atomic E-state index is 4.58. The van der Waals surface area contributed by atoms with Gasteiger partial charge in [0, 0.05) is 12.7 Å². The Morgan fingerprint density at radius 2 is 1.57 bits per heavy atom. The summed E-state index contributed by atoms with van der Waals surface area (Å²) in [6.07, 6.45) is 3.05. The Balaban J connectivity index is 1.49. The van der Waals surface area contributed by atoms with Crippen LogP contribution < -0.4 is 5.32 Å². The molecule has 1 aromatic heterocycles. The Bertz CT molecular complexity index is 659. The molecule has 0 fully saturated rings. The summed E-state index contributed by atoms with van der Waals surface area (Å²) in [5.41, 5.74) is 3.51. The zero-order valence-electron chi connectivity index (χ0n) is 11.9. The molecule has 0 spiro atoms. The van der Waals surface area contributed by atoms with E-state index in [-0.39, 0.29) is 0 Å². The fourth-order valence-electron chi connectivity index (χ4n) is 2.27. The predicted molar refractivity (Wildman–Crippen MR) is 85.4 cm³/mol. The van der Waals surface area contributed by atoms with Crippen LogP contribution in [0.2, 0.25) is 0 Å². The van der Waals surface area contributed by atoms with Crippen molar-refractivity contribution < 1.29 is 0 Å². The molecule has 0 radical (unpaired) electrons. The molecule has 0 amide bonds. The summed E-state index contributed by atoms with van der Waals surface area (Å²) in [5.74, 6) is 0. The highest BCUT2D eigenvalue weighted by Crippen LogP contribution is 2.06. The van der Waals surface area contributed by atoms with E-state index >= 15 is 0 Å². The number of nitrogens with one attached hydrogen (secondary N) is 1. The van der Waals surface area contributed by atoms with E-state index in [4.69, 9.17) is 0 Å². The largest absolute Gasteiger partial charge is 0.311 e. The fourth-order valence-corrected chi connectivity index (χ4v) is 2.27. The molecule has 3 nitrogen and oxygen atoms in total. The first-order valence-corrected chi connectivity index (χ1v) is 7.26. The lowest BCUT2D eigenvalue weighted by Crippen LogP contribution is -2.17. The lowest BCUT2D eigenvalue weighted by atomic mass is 10.1. The van der Waals surface area contributed by atoms with Gasteiger partial charge in [-0.25, -0.2) is 4.68 Å². The van der Waals surface area contributed by atoms with Crippen LogP contribution in [-0.2, 0) is 13.0 Å². The van der Waals surface area contributed by atoms with Crippen LogP contribution in [-0.4, -0.2) is 16.3 Å². The summed E-state index contributed by atoms with van der Waals surface area (Å²) < 4.78 is 1.91. The number of hydrogen-bond acceptors (Lipinski definition) is 2. The quantitative estimate of drug-likeness (QED) is 0.701. The highest BCUT2D eigenvalue weighted by atomic mass is 15.3. The van der Waals surface area contributed by atoms with Gasteiger partial charge in [0.05, 0.1) is 11.4 Å². The van der Waals surface area contributed by atoms with Gasteiger partial charge in [0.2, 0.25) is 0 Å². The summed E-state index contributed by atoms with van der Waals surface area (Å²) in [7, 11) is 0. The number of nitrogens with zero attached hydrogens (tertiary/aromatic N) is 2. The van der Waals surface area contributed by atoms with Gasteiger partial charge in [-0.15, -0.1) is 0 Å². The van der Waals surface area contributed by atoms with Crippen LogP contribution in [0.5, 0.6) is 0 Å². The summed E-state index contributed by atoms with van der Waals surface area (Å²) >= 11 is 0. The minimum atomic E-state index is 0.798. The number of aromatic nitrogens is 2. The summed E-state index contributed by atoms with van der Waals surface area (Å²) in [6, 6.07) is 22.8. The van der Waals surface area contributed by atoms with E-state index in [1.165, 1.54) is 5.56 Å². The molecule has 1 N–H and O–H groups in total. The van der Waals surface area contributed by atoms with Crippen LogP contribution in [0.3, 0.4) is 0 Å². The molecule has 0 saturated heterocycles. The van der Waals surface area contributed by atoms with Crippen molar-refractivity contribution in [1.29, 1.82) is 0 Å². The molecule has 1 heterocycles. The van der Waals surface area contributed by atoms with Gasteiger partial charge in [-0.2, -0.15) is 5.10 Å². The minimum Gasteiger partial charge on any atom is -0.311 e. The molecule has 106 valence electrons. The molecule has 0 saturated carbocycles. The van der Waals surface area contributed by atoms with Gasteiger partial charge in [-0.05, 0) is 36.7 Å². The number of para-hydroxylation sites is 1. The Morgan fingerprint density at radius 1 is 0.857 bits per heavy atom. The molecule has 0 bridgehead atoms. The third-order valence-corrected chi connectivity index (χ3v) is 3.40. The highest BCUT2D eigenvalue weighted by Gasteiger charge is 2.00. The zero-order valence-corrected chi connectivity index (χ0v) is 11.9. The van der Waals surface area contributed by atoms with Crippen molar-refractivity contribution in [3.63, 3.8) is 0 Å². The van der Waals surface area contributed by atoms with Gasteiger partial charge in [-0.1, -0.05) is 48.5 Å². The molecule has 0 aliphatic rings. The fraction of sp³-hybridized carbons (Fsp3) is 0.167. The van der Waals surface area contributed by atoms with Crippen LogP contribution in [0.1, 0.15) is 11.3 Å². The monoisotopic (exact) mass is 277 g/mol. The second kappa shape index (κ2) is 6.86. The molecule has 3 aromatic rings. The number of hydrogen-bond donors (Lipinski definition) is 1. The SMILES string of the molecule is c1ccc(CCNCc2ccn(-c3ccccc3)n2)cc1. The smallest absolute Gasteiger partial charge is 0.0766 e. The van der Waals surface area contributed by atoms with Crippen molar-refractivity contribution >= 4 is 0 Å². The molecular formula is C18H19N3. The molecule has 0 unspecified atom stereocenters. The number of benzene rings is 2. The molecule has 3 heteroatoms. The average Bonchev–Trinajstić information content (AvgIpc) is 3.02. The summed E-state index contributed by atoms with van der Waals surface area (Å²) in [4.78, 5) is 0. The predicted octanol–water partition coefficient (Wildman–Crippen LogP) is 3.20. The third kappa shape index (κ3) is 3.80. The zero-order chi connectivity index (χ0) is 14.3. The van der Waals surface area contributed by atoms with Crippen molar-refractivity contribution in [3.05, 3.63) is 84.2 Å². The normalized spacial score (nSPS) is 10.7. The Kier molecular flexibility index (Phi) is 4.44. The standard InChI is InChI=1S/C18H19N3/c1-3-7-16(8-4-1)11-13-19-15-17-12-14-21(20-17)18-9-5-2-6-10-18/h1-10,12,14,19H,11,13,15H2. The van der Waals surface area contributed by atoms with Crippen molar-refractivity contribution in [2.75, 3.05) is 6.54 Å². The van der Waals surface area contributed by atoms with Gasteiger partial charge in [0.25, 0.3) is 0 Å². The van der Waals surface area contributed by atoms with Gasteiger partial charge < -0.3 is 5.32 Å². The van der Waals surface area contributed by atoms with E-state index in [1.54, 1.807) is 0 Å². The topological polar surface area (TPSA) is 29.9 Å². The highest BCUT2D eigenvalue weighted by molar-refractivity contribution is 5.30. The molecular weight excluding hydrogens is 258 g/mol. The van der Waals surface area contributed by atoms with E-state index in [9.17, 15) is 0 Å². The first kappa shape index (κ1) is 13.6. The van der Waals surface area contributed by atoms with Crippen LogP contribution in [0.4, 0.5) is 0 Å². The maximum Gasteiger partial charge on any atom is 0.0766 e. The van der Waals surface area contributed by atoms with E-state index in [0.29, 0.717) is 0 Å². The van der Waals surface area contributed by atoms with Gasteiger partial charge in [0.15, 0.2) is 0 Å². The first-order valence-electron chi connectivity index (χ1n) is 7.26. The van der Waals surface area contributed by atoms with E-state index in [2.05, 4.69) is 52.9 Å². The van der Waals surface area contributed by atoms with Gasteiger partial charge in [0.1, 0.15) is 0 Å². The molecule has 21 heavy (non-hydrogen) atoms. The second-order valence-corrected chi connectivity index (χ2v) is 5.00. The van der Waals surface area contributed by atoms with Crippen molar-refractivity contribution in [2.45, 2.75) is 13.0 Å². The van der Waals surface area contributed by atoms with Crippen molar-refractivity contribution in [1.82, 2.24) is 15.1 Å². The third-order valence-electron chi connectivity index (χ3n) is 3.40. The van der Waals surface area contributed by atoms with E-state index < -0.39 is 0 Å².